The molecule has 2 aromatic carbocycles. The third-order valence-corrected chi connectivity index (χ3v) is 3.91. The van der Waals surface area contributed by atoms with Gasteiger partial charge in [0.05, 0.1) is 31.0 Å². The molecule has 0 heterocycles. The Kier molecular flexibility index (Phi) is 6.68. The molecule has 0 aliphatic carbocycles. The van der Waals surface area contributed by atoms with Crippen LogP contribution >= 0.6 is 12.2 Å². The van der Waals surface area contributed by atoms with Gasteiger partial charge in [-0.15, -0.1) is 0 Å². The van der Waals surface area contributed by atoms with Gasteiger partial charge in [0.25, 0.3) is 0 Å². The van der Waals surface area contributed by atoms with Crippen molar-refractivity contribution in [2.75, 3.05) is 19.5 Å². The first-order chi connectivity index (χ1) is 12.4. The van der Waals surface area contributed by atoms with Gasteiger partial charge < -0.3 is 20.1 Å². The topological polar surface area (TPSA) is 76.7 Å². The number of rotatable bonds is 5. The number of thiocarbonyl (C=S) groups is 1. The average molecular weight is 372 g/mol. The summed E-state index contributed by atoms with van der Waals surface area (Å²) in [5.74, 6) is -1.05. The summed E-state index contributed by atoms with van der Waals surface area (Å²) in [6, 6.07) is 12.5. The van der Waals surface area contributed by atoms with Crippen molar-refractivity contribution in [1.82, 2.24) is 5.32 Å². The summed E-state index contributed by atoms with van der Waals surface area (Å²) in [6.45, 7) is 2.54. The van der Waals surface area contributed by atoms with Crippen LogP contribution in [0.4, 0.5) is 5.69 Å². The number of aryl methyl sites for hydroxylation is 1. The molecule has 0 atom stereocenters. The smallest absolute Gasteiger partial charge is 0.339 e. The van der Waals surface area contributed by atoms with Crippen LogP contribution in [0.25, 0.3) is 0 Å². The summed E-state index contributed by atoms with van der Waals surface area (Å²) in [7, 11) is 2.58. The zero-order valence-electron chi connectivity index (χ0n) is 14.8. The zero-order chi connectivity index (χ0) is 19.1. The second-order valence-electron chi connectivity index (χ2n) is 5.54. The Morgan fingerprint density at radius 3 is 2.27 bits per heavy atom. The molecule has 0 aliphatic rings. The molecule has 0 aromatic heterocycles. The molecule has 136 valence electrons. The fourth-order valence-corrected chi connectivity index (χ4v) is 2.42. The maximum Gasteiger partial charge on any atom is 0.339 e. The summed E-state index contributed by atoms with van der Waals surface area (Å²) in [4.78, 5) is 23.7. The SMILES string of the molecule is COC(=O)c1ccc(C(=O)OC)c(NC(=S)NCc2ccc(C)cc2)c1. The van der Waals surface area contributed by atoms with E-state index in [1.54, 1.807) is 0 Å². The van der Waals surface area contributed by atoms with E-state index in [9.17, 15) is 9.59 Å². The molecule has 0 radical (unpaired) electrons. The van der Waals surface area contributed by atoms with Crippen molar-refractivity contribution in [1.29, 1.82) is 0 Å². The van der Waals surface area contributed by atoms with Crippen LogP contribution in [-0.4, -0.2) is 31.3 Å². The Hall–Kier alpha value is -2.93. The van der Waals surface area contributed by atoms with Crippen molar-refractivity contribution >= 4 is 35.0 Å². The highest BCUT2D eigenvalue weighted by Gasteiger charge is 2.16. The Labute approximate surface area is 157 Å². The molecule has 26 heavy (non-hydrogen) atoms. The van der Waals surface area contributed by atoms with E-state index in [0.717, 1.165) is 5.56 Å². The van der Waals surface area contributed by atoms with Gasteiger partial charge in [0.2, 0.25) is 0 Å². The Morgan fingerprint density at radius 2 is 1.65 bits per heavy atom. The van der Waals surface area contributed by atoms with Crippen LogP contribution in [0, 0.1) is 6.92 Å². The lowest BCUT2D eigenvalue weighted by molar-refractivity contribution is 0.0587. The van der Waals surface area contributed by atoms with Crippen LogP contribution in [0.3, 0.4) is 0 Å². The van der Waals surface area contributed by atoms with Gasteiger partial charge in [-0.2, -0.15) is 0 Å². The minimum absolute atomic E-state index is 0.264. The van der Waals surface area contributed by atoms with Crippen LogP contribution < -0.4 is 10.6 Å². The van der Waals surface area contributed by atoms with Crippen LogP contribution in [0.1, 0.15) is 31.8 Å². The largest absolute Gasteiger partial charge is 0.465 e. The third kappa shape index (κ3) is 5.03. The summed E-state index contributed by atoms with van der Waals surface area (Å²) in [5.41, 5.74) is 3.16. The second kappa shape index (κ2) is 8.96. The van der Waals surface area contributed by atoms with Gasteiger partial charge in [-0.3, -0.25) is 0 Å². The van der Waals surface area contributed by atoms with Gasteiger partial charge in [0.1, 0.15) is 0 Å². The standard InChI is InChI=1S/C19H20N2O4S/c1-12-4-6-13(7-5-12)11-20-19(26)21-16-10-14(17(22)24-2)8-9-15(16)18(23)25-3/h4-10H,11H2,1-3H3,(H2,20,21,26). The Balaban J connectivity index is 2.14. The molecule has 2 N–H and O–H groups in total. The third-order valence-electron chi connectivity index (χ3n) is 3.67. The van der Waals surface area contributed by atoms with Crippen LogP contribution in [0.2, 0.25) is 0 Å². The summed E-state index contributed by atoms with van der Waals surface area (Å²) in [5, 5.41) is 6.32. The molecular formula is C19H20N2O4S. The Morgan fingerprint density at radius 1 is 1.00 bits per heavy atom. The first-order valence-electron chi connectivity index (χ1n) is 7.85. The van der Waals surface area contributed by atoms with E-state index >= 15 is 0 Å². The molecule has 2 rings (SSSR count). The van der Waals surface area contributed by atoms with Gasteiger partial charge >= 0.3 is 11.9 Å². The van der Waals surface area contributed by atoms with Gasteiger partial charge in [0, 0.05) is 6.54 Å². The maximum atomic E-state index is 11.9. The molecule has 0 spiro atoms. The number of nitrogens with one attached hydrogen (secondary N) is 2. The van der Waals surface area contributed by atoms with Crippen molar-refractivity contribution in [3.63, 3.8) is 0 Å². The highest BCUT2D eigenvalue weighted by atomic mass is 32.1. The van der Waals surface area contributed by atoms with E-state index in [-0.39, 0.29) is 5.56 Å². The first-order valence-corrected chi connectivity index (χ1v) is 8.26. The van der Waals surface area contributed by atoms with Crippen molar-refractivity contribution in [2.24, 2.45) is 0 Å². The van der Waals surface area contributed by atoms with Gasteiger partial charge in [-0.1, -0.05) is 29.8 Å². The highest BCUT2D eigenvalue weighted by molar-refractivity contribution is 7.80. The number of methoxy groups -OCH3 is 2. The lowest BCUT2D eigenvalue weighted by Crippen LogP contribution is -2.28. The van der Waals surface area contributed by atoms with E-state index in [2.05, 4.69) is 10.6 Å². The number of benzene rings is 2. The predicted octanol–water partition coefficient (Wildman–Crippen LogP) is 3.05. The average Bonchev–Trinajstić information content (AvgIpc) is 2.66. The number of hydrogen-bond donors (Lipinski definition) is 2. The Bertz CT molecular complexity index is 819. The van der Waals surface area contributed by atoms with E-state index in [1.165, 1.54) is 38.0 Å². The monoisotopic (exact) mass is 372 g/mol. The molecule has 2 aromatic rings. The predicted molar refractivity (Wildman–Crippen MR) is 103 cm³/mol. The van der Waals surface area contributed by atoms with Crippen molar-refractivity contribution in [3.8, 4) is 0 Å². The summed E-state index contributed by atoms with van der Waals surface area (Å²) < 4.78 is 9.47. The first kappa shape index (κ1) is 19.4. The van der Waals surface area contributed by atoms with Crippen LogP contribution in [0.5, 0.6) is 0 Å². The second-order valence-corrected chi connectivity index (χ2v) is 5.95. The normalized spacial score (nSPS) is 9.96. The minimum Gasteiger partial charge on any atom is -0.465 e. The molecule has 0 amide bonds. The molecule has 0 unspecified atom stereocenters. The van der Waals surface area contributed by atoms with Crippen molar-refractivity contribution in [2.45, 2.75) is 13.5 Å². The molecule has 0 fully saturated rings. The number of anilines is 1. The van der Waals surface area contributed by atoms with E-state index in [0.29, 0.717) is 22.9 Å². The van der Waals surface area contributed by atoms with E-state index < -0.39 is 11.9 Å². The van der Waals surface area contributed by atoms with Gasteiger partial charge in [-0.25, -0.2) is 9.59 Å². The molecule has 6 nitrogen and oxygen atoms in total. The number of hydrogen-bond acceptors (Lipinski definition) is 5. The summed E-state index contributed by atoms with van der Waals surface area (Å²) in [6.07, 6.45) is 0. The maximum absolute atomic E-state index is 11.9. The number of esters is 2. The van der Waals surface area contributed by atoms with E-state index in [1.807, 2.05) is 31.2 Å². The van der Waals surface area contributed by atoms with Crippen LogP contribution in [0.15, 0.2) is 42.5 Å². The fraction of sp³-hybridized carbons (Fsp3) is 0.211. The molecule has 0 saturated carbocycles. The minimum atomic E-state index is -0.537. The molecule has 7 heteroatoms. The molecule has 0 aliphatic heterocycles. The van der Waals surface area contributed by atoms with Gasteiger partial charge in [-0.05, 0) is 42.9 Å². The van der Waals surface area contributed by atoms with Crippen molar-refractivity contribution < 1.29 is 19.1 Å². The van der Waals surface area contributed by atoms with E-state index in [4.69, 9.17) is 21.7 Å². The van der Waals surface area contributed by atoms with Crippen LogP contribution in [-0.2, 0) is 16.0 Å². The molecule has 0 bridgehead atoms. The zero-order valence-corrected chi connectivity index (χ0v) is 15.6. The molecule has 0 saturated heterocycles. The fourth-order valence-electron chi connectivity index (χ4n) is 2.24. The summed E-state index contributed by atoms with van der Waals surface area (Å²) >= 11 is 5.29. The molecular weight excluding hydrogens is 352 g/mol. The van der Waals surface area contributed by atoms with Gasteiger partial charge in [0.15, 0.2) is 5.11 Å². The highest BCUT2D eigenvalue weighted by Crippen LogP contribution is 2.20. The number of carbonyl (C=O) groups is 2. The quantitative estimate of drug-likeness (QED) is 0.617. The number of carbonyl (C=O) groups excluding carboxylic acids is 2. The lowest BCUT2D eigenvalue weighted by Gasteiger charge is -2.14. The lowest BCUT2D eigenvalue weighted by atomic mass is 10.1. The number of ether oxygens (including phenoxy) is 2. The van der Waals surface area contributed by atoms with Crippen molar-refractivity contribution in [3.05, 3.63) is 64.7 Å².